The molecule has 6 nitrogen and oxygen atoms in total. The Morgan fingerprint density at radius 2 is 1.56 bits per heavy atom. The molecule has 0 aliphatic carbocycles. The van der Waals surface area contributed by atoms with E-state index in [-0.39, 0.29) is 5.75 Å². The molecule has 0 heterocycles. The number of aromatic hydroxyl groups is 1. The Morgan fingerprint density at radius 3 is 2.21 bits per heavy atom. The van der Waals surface area contributed by atoms with Crippen molar-refractivity contribution < 1.29 is 9.90 Å². The number of carbonyl (C=O) groups is 1. The first-order valence-corrected chi connectivity index (χ1v) is 11.1. The van der Waals surface area contributed by atoms with Gasteiger partial charge in [0.2, 0.25) is 0 Å². The summed E-state index contributed by atoms with van der Waals surface area (Å²) in [4.78, 5) is 19.0. The summed E-state index contributed by atoms with van der Waals surface area (Å²) < 4.78 is 0. The molecular weight excluding hydrogens is 424 g/mol. The molecule has 1 unspecified atom stereocenters. The Morgan fingerprint density at radius 1 is 0.912 bits per heavy atom. The van der Waals surface area contributed by atoms with Crippen LogP contribution in [0.2, 0.25) is 0 Å². The Labute approximate surface area is 199 Å². The number of rotatable bonds is 8. The van der Waals surface area contributed by atoms with Crippen molar-refractivity contribution in [1.29, 1.82) is 0 Å². The van der Waals surface area contributed by atoms with E-state index in [1.165, 1.54) is 0 Å². The molecule has 172 valence electrons. The van der Waals surface area contributed by atoms with Crippen LogP contribution in [0.25, 0.3) is 10.8 Å². The van der Waals surface area contributed by atoms with Gasteiger partial charge in [-0.25, -0.2) is 0 Å². The largest absolute Gasteiger partial charge is 0.508 e. The number of aldehydes is 1. The van der Waals surface area contributed by atoms with E-state index in [1.807, 2.05) is 98.8 Å². The highest BCUT2D eigenvalue weighted by atomic mass is 16.3. The third-order valence-electron chi connectivity index (χ3n) is 5.66. The summed E-state index contributed by atoms with van der Waals surface area (Å²) in [5.74, 6) is 0.133. The van der Waals surface area contributed by atoms with Crippen LogP contribution in [0, 0.1) is 0 Å². The lowest BCUT2D eigenvalue weighted by atomic mass is 9.99. The third-order valence-corrected chi connectivity index (χ3v) is 5.66. The lowest BCUT2D eigenvalue weighted by Crippen LogP contribution is -2.23. The van der Waals surface area contributed by atoms with E-state index in [1.54, 1.807) is 12.1 Å². The molecule has 0 saturated heterocycles. The Bertz CT molecular complexity index is 1330. The standard InChI is InChI=1S/C28H28N4O2/c1-29-24-14-15-25(22-12-8-7-11-21(22)24)30-27(18-33)31-28(19-9-5-4-6-10-19)23-17-20(34)13-16-26(23)32(2)3/h4-18,27,29-30,34H,1-3H3/b31-28-. The zero-order valence-corrected chi connectivity index (χ0v) is 19.5. The number of hydrogen-bond acceptors (Lipinski definition) is 6. The number of nitrogens with zero attached hydrogens (tertiary/aromatic N) is 2. The molecule has 4 aromatic carbocycles. The molecule has 0 bridgehead atoms. The second kappa shape index (κ2) is 10.1. The second-order valence-electron chi connectivity index (χ2n) is 8.12. The van der Waals surface area contributed by atoms with Gasteiger partial charge in [-0.2, -0.15) is 0 Å². The van der Waals surface area contributed by atoms with Gasteiger partial charge in [0.25, 0.3) is 0 Å². The number of phenolic OH excluding ortho intramolecular Hbond substituents is 1. The van der Waals surface area contributed by atoms with E-state index in [4.69, 9.17) is 4.99 Å². The molecule has 4 rings (SSSR count). The summed E-state index contributed by atoms with van der Waals surface area (Å²) in [5.41, 5.74) is 4.90. The van der Waals surface area contributed by atoms with Crippen LogP contribution in [0.5, 0.6) is 5.75 Å². The van der Waals surface area contributed by atoms with Crippen molar-refractivity contribution in [2.75, 3.05) is 36.7 Å². The van der Waals surface area contributed by atoms with Crippen molar-refractivity contribution >= 4 is 39.8 Å². The summed E-state index contributed by atoms with van der Waals surface area (Å²) in [5, 5.41) is 18.8. The van der Waals surface area contributed by atoms with Gasteiger partial charge in [0.05, 0.1) is 5.71 Å². The lowest BCUT2D eigenvalue weighted by molar-refractivity contribution is -0.108. The van der Waals surface area contributed by atoms with Gasteiger partial charge in [-0.1, -0.05) is 54.6 Å². The number of hydrogen-bond donors (Lipinski definition) is 3. The molecule has 6 heteroatoms. The van der Waals surface area contributed by atoms with Gasteiger partial charge in [0.15, 0.2) is 12.5 Å². The minimum atomic E-state index is -0.837. The van der Waals surface area contributed by atoms with Crippen molar-refractivity contribution in [3.8, 4) is 5.75 Å². The fourth-order valence-electron chi connectivity index (χ4n) is 4.04. The number of phenols is 1. The number of nitrogens with one attached hydrogen (secondary N) is 2. The topological polar surface area (TPSA) is 77.0 Å². The average molecular weight is 453 g/mol. The molecular formula is C28H28N4O2. The highest BCUT2D eigenvalue weighted by Crippen LogP contribution is 2.31. The number of fused-ring (bicyclic) bond motifs is 1. The lowest BCUT2D eigenvalue weighted by Gasteiger charge is -2.21. The highest BCUT2D eigenvalue weighted by Gasteiger charge is 2.17. The maximum atomic E-state index is 12.2. The van der Waals surface area contributed by atoms with Gasteiger partial charge in [-0.15, -0.1) is 0 Å². The van der Waals surface area contributed by atoms with Crippen LogP contribution in [0.4, 0.5) is 17.1 Å². The van der Waals surface area contributed by atoms with Crippen LogP contribution in [-0.4, -0.2) is 44.4 Å². The Balaban J connectivity index is 1.83. The molecule has 1 atom stereocenters. The fourth-order valence-corrected chi connectivity index (χ4v) is 4.04. The monoisotopic (exact) mass is 452 g/mol. The van der Waals surface area contributed by atoms with Gasteiger partial charge >= 0.3 is 0 Å². The molecule has 0 aliphatic heterocycles. The molecule has 0 fully saturated rings. The maximum Gasteiger partial charge on any atom is 0.175 e. The van der Waals surface area contributed by atoms with Gasteiger partial charge < -0.3 is 20.6 Å². The van der Waals surface area contributed by atoms with E-state index < -0.39 is 6.17 Å². The minimum absolute atomic E-state index is 0.133. The van der Waals surface area contributed by atoms with Crippen molar-refractivity contribution in [3.63, 3.8) is 0 Å². The predicted molar refractivity (Wildman–Crippen MR) is 141 cm³/mol. The number of aliphatic imine (C=N–C) groups is 1. The van der Waals surface area contributed by atoms with Crippen LogP contribution in [-0.2, 0) is 4.79 Å². The molecule has 0 aromatic heterocycles. The normalized spacial score (nSPS) is 12.3. The first-order valence-electron chi connectivity index (χ1n) is 11.1. The molecule has 3 N–H and O–H groups in total. The summed E-state index contributed by atoms with van der Waals surface area (Å²) >= 11 is 0. The summed E-state index contributed by atoms with van der Waals surface area (Å²) in [6.07, 6.45) is -0.0432. The Hall–Kier alpha value is -4.32. The molecule has 0 radical (unpaired) electrons. The molecule has 0 spiro atoms. The van der Waals surface area contributed by atoms with Crippen molar-refractivity contribution in [1.82, 2.24) is 0 Å². The SMILES string of the molecule is CNc1ccc(NC(C=O)/N=C(/c2ccccc2)c2cc(O)ccc2N(C)C)c2ccccc12. The smallest absolute Gasteiger partial charge is 0.175 e. The maximum absolute atomic E-state index is 12.2. The summed E-state index contributed by atoms with van der Waals surface area (Å²) in [6, 6.07) is 26.8. The minimum Gasteiger partial charge on any atom is -0.508 e. The van der Waals surface area contributed by atoms with E-state index in [2.05, 4.69) is 10.6 Å². The molecule has 0 aliphatic rings. The number of anilines is 3. The van der Waals surface area contributed by atoms with Crippen molar-refractivity contribution in [3.05, 3.63) is 96.1 Å². The summed E-state index contributed by atoms with van der Waals surface area (Å²) in [6.45, 7) is 0. The zero-order valence-electron chi connectivity index (χ0n) is 19.5. The van der Waals surface area contributed by atoms with E-state index in [0.29, 0.717) is 5.71 Å². The first-order chi connectivity index (χ1) is 16.5. The summed E-state index contributed by atoms with van der Waals surface area (Å²) in [7, 11) is 5.75. The van der Waals surface area contributed by atoms with Gasteiger partial charge in [0, 0.05) is 60.1 Å². The predicted octanol–water partition coefficient (Wildman–Crippen LogP) is 5.13. The van der Waals surface area contributed by atoms with Gasteiger partial charge in [-0.05, 0) is 30.3 Å². The highest BCUT2D eigenvalue weighted by molar-refractivity contribution is 6.16. The van der Waals surface area contributed by atoms with E-state index >= 15 is 0 Å². The molecule has 0 amide bonds. The zero-order chi connectivity index (χ0) is 24.1. The van der Waals surface area contributed by atoms with E-state index in [9.17, 15) is 9.90 Å². The van der Waals surface area contributed by atoms with Gasteiger partial charge in [0.1, 0.15) is 5.75 Å². The van der Waals surface area contributed by atoms with Crippen LogP contribution < -0.4 is 15.5 Å². The van der Waals surface area contributed by atoms with Crippen LogP contribution >= 0.6 is 0 Å². The van der Waals surface area contributed by atoms with E-state index in [0.717, 1.165) is 45.2 Å². The third kappa shape index (κ3) is 4.71. The van der Waals surface area contributed by atoms with Crippen molar-refractivity contribution in [2.45, 2.75) is 6.17 Å². The van der Waals surface area contributed by atoms with Gasteiger partial charge in [-0.3, -0.25) is 9.79 Å². The number of carbonyl (C=O) groups excluding carboxylic acids is 1. The Kier molecular flexibility index (Phi) is 6.78. The fraction of sp³-hybridized carbons (Fsp3) is 0.143. The van der Waals surface area contributed by atoms with Crippen LogP contribution in [0.15, 0.2) is 89.9 Å². The van der Waals surface area contributed by atoms with Crippen molar-refractivity contribution in [2.24, 2.45) is 4.99 Å². The van der Waals surface area contributed by atoms with Crippen LogP contribution in [0.3, 0.4) is 0 Å². The second-order valence-corrected chi connectivity index (χ2v) is 8.12. The first kappa shape index (κ1) is 22.9. The molecule has 0 saturated carbocycles. The quantitative estimate of drug-likeness (QED) is 0.255. The van der Waals surface area contributed by atoms with Crippen LogP contribution in [0.1, 0.15) is 11.1 Å². The number of benzene rings is 4. The average Bonchev–Trinajstić information content (AvgIpc) is 2.86. The molecule has 34 heavy (non-hydrogen) atoms. The molecule has 4 aromatic rings.